The number of nitrogens with zero attached hydrogens (tertiary/aromatic N) is 1. The van der Waals surface area contributed by atoms with E-state index in [0.717, 1.165) is 5.56 Å². The zero-order chi connectivity index (χ0) is 17.9. The van der Waals surface area contributed by atoms with Gasteiger partial charge in [0.15, 0.2) is 0 Å². The summed E-state index contributed by atoms with van der Waals surface area (Å²) in [6, 6.07) is 5.13. The van der Waals surface area contributed by atoms with Gasteiger partial charge in [0.1, 0.15) is 12.1 Å². The first kappa shape index (κ1) is 18.2. The van der Waals surface area contributed by atoms with Gasteiger partial charge in [-0.1, -0.05) is 23.7 Å². The molecule has 1 aromatic carbocycles. The lowest BCUT2D eigenvalue weighted by Gasteiger charge is -2.24. The maximum atomic E-state index is 12.4. The first-order chi connectivity index (χ1) is 11.3. The molecular formula is C16H20ClN3O4. The largest absolute Gasteiger partial charge is 0.391 e. The minimum Gasteiger partial charge on any atom is -0.391 e. The molecule has 0 aliphatic carbocycles. The smallest absolute Gasteiger partial charge is 0.243 e. The third kappa shape index (κ3) is 4.46. The Balaban J connectivity index is 2.06. The quantitative estimate of drug-likeness (QED) is 0.682. The van der Waals surface area contributed by atoms with Crippen LogP contribution in [0.4, 0.5) is 0 Å². The van der Waals surface area contributed by atoms with Gasteiger partial charge in [-0.2, -0.15) is 0 Å². The molecule has 130 valence electrons. The van der Waals surface area contributed by atoms with Crippen LogP contribution in [0.5, 0.6) is 0 Å². The molecule has 1 aromatic rings. The minimum absolute atomic E-state index is 0.103. The van der Waals surface area contributed by atoms with Crippen molar-refractivity contribution in [3.8, 4) is 0 Å². The fourth-order valence-electron chi connectivity index (χ4n) is 2.76. The molecule has 1 heterocycles. The number of aliphatic hydroxyl groups is 1. The zero-order valence-electron chi connectivity index (χ0n) is 13.2. The van der Waals surface area contributed by atoms with Crippen LogP contribution in [0.1, 0.15) is 18.9 Å². The number of benzene rings is 1. The van der Waals surface area contributed by atoms with Gasteiger partial charge in [0, 0.05) is 31.3 Å². The van der Waals surface area contributed by atoms with Crippen molar-refractivity contribution in [1.82, 2.24) is 10.2 Å². The Morgan fingerprint density at radius 1 is 1.38 bits per heavy atom. The maximum absolute atomic E-state index is 12.4. The summed E-state index contributed by atoms with van der Waals surface area (Å²) in [5.74, 6) is -1.48. The van der Waals surface area contributed by atoms with Crippen LogP contribution in [0.3, 0.4) is 0 Å². The van der Waals surface area contributed by atoms with Crippen molar-refractivity contribution < 1.29 is 19.5 Å². The van der Waals surface area contributed by atoms with E-state index in [1.54, 1.807) is 24.3 Å². The van der Waals surface area contributed by atoms with Crippen LogP contribution < -0.4 is 11.1 Å². The third-order valence-electron chi connectivity index (χ3n) is 4.00. The monoisotopic (exact) mass is 353 g/mol. The Bertz CT molecular complexity index is 635. The first-order valence-electron chi connectivity index (χ1n) is 7.57. The van der Waals surface area contributed by atoms with Gasteiger partial charge < -0.3 is 21.1 Å². The summed E-state index contributed by atoms with van der Waals surface area (Å²) in [5.41, 5.74) is 6.16. The molecule has 1 fully saturated rings. The van der Waals surface area contributed by atoms with Gasteiger partial charge in [-0.25, -0.2) is 0 Å². The SMILES string of the molecule is CC(=O)N1C[C@H](O)C[C@H]1C(=O)N[C@H](Cc1ccc(Cl)cc1)C(N)=O. The van der Waals surface area contributed by atoms with Crippen molar-refractivity contribution in [3.63, 3.8) is 0 Å². The predicted octanol–water partition coefficient (Wildman–Crippen LogP) is -0.166. The molecule has 0 spiro atoms. The molecule has 7 nitrogen and oxygen atoms in total. The van der Waals surface area contributed by atoms with Gasteiger partial charge >= 0.3 is 0 Å². The second-order valence-corrected chi connectivity index (χ2v) is 6.31. The van der Waals surface area contributed by atoms with Gasteiger partial charge in [-0.3, -0.25) is 14.4 Å². The number of carbonyl (C=O) groups is 3. The number of nitrogens with two attached hydrogens (primary N) is 1. The number of carbonyl (C=O) groups excluding carboxylic acids is 3. The fourth-order valence-corrected chi connectivity index (χ4v) is 2.88. The number of hydrogen-bond donors (Lipinski definition) is 3. The summed E-state index contributed by atoms with van der Waals surface area (Å²) in [7, 11) is 0. The lowest BCUT2D eigenvalue weighted by Crippen LogP contribution is -2.52. The van der Waals surface area contributed by atoms with Crippen molar-refractivity contribution in [2.45, 2.75) is 38.0 Å². The van der Waals surface area contributed by atoms with Gasteiger partial charge in [0.2, 0.25) is 17.7 Å². The number of primary amides is 1. The van der Waals surface area contributed by atoms with E-state index in [1.807, 2.05) is 0 Å². The van der Waals surface area contributed by atoms with E-state index >= 15 is 0 Å². The maximum Gasteiger partial charge on any atom is 0.243 e. The summed E-state index contributed by atoms with van der Waals surface area (Å²) in [6.07, 6.45) is -0.404. The Kier molecular flexibility index (Phi) is 5.80. The number of rotatable bonds is 5. The van der Waals surface area contributed by atoms with E-state index in [0.29, 0.717) is 5.02 Å². The minimum atomic E-state index is -0.912. The van der Waals surface area contributed by atoms with Crippen LogP contribution in [-0.2, 0) is 20.8 Å². The summed E-state index contributed by atoms with van der Waals surface area (Å²) in [4.78, 5) is 36.9. The van der Waals surface area contributed by atoms with Gasteiger partial charge in [0.25, 0.3) is 0 Å². The van der Waals surface area contributed by atoms with E-state index in [4.69, 9.17) is 17.3 Å². The summed E-state index contributed by atoms with van der Waals surface area (Å²) in [5, 5.41) is 12.8. The van der Waals surface area contributed by atoms with Crippen molar-refractivity contribution in [2.24, 2.45) is 5.73 Å². The van der Waals surface area contributed by atoms with Crippen LogP contribution in [0.2, 0.25) is 5.02 Å². The average Bonchev–Trinajstić information content (AvgIpc) is 2.91. The summed E-state index contributed by atoms with van der Waals surface area (Å²) >= 11 is 5.82. The molecule has 0 radical (unpaired) electrons. The molecule has 1 aliphatic heterocycles. The highest BCUT2D eigenvalue weighted by atomic mass is 35.5. The molecule has 8 heteroatoms. The number of β-amino-alcohol motifs (C(OH)–C–C–N with tert-alkyl or cyclic N) is 1. The van der Waals surface area contributed by atoms with Gasteiger partial charge in [0.05, 0.1) is 6.10 Å². The van der Waals surface area contributed by atoms with E-state index in [2.05, 4.69) is 5.32 Å². The van der Waals surface area contributed by atoms with Crippen molar-refractivity contribution in [3.05, 3.63) is 34.9 Å². The molecule has 2 rings (SSSR count). The van der Waals surface area contributed by atoms with Crippen LogP contribution >= 0.6 is 11.6 Å². The number of likely N-dealkylation sites (tertiary alicyclic amines) is 1. The predicted molar refractivity (Wildman–Crippen MR) is 88.1 cm³/mol. The van der Waals surface area contributed by atoms with E-state index < -0.39 is 30.0 Å². The van der Waals surface area contributed by atoms with Crippen molar-refractivity contribution in [2.75, 3.05) is 6.54 Å². The summed E-state index contributed by atoms with van der Waals surface area (Å²) < 4.78 is 0. The van der Waals surface area contributed by atoms with Crippen molar-refractivity contribution in [1.29, 1.82) is 0 Å². The zero-order valence-corrected chi connectivity index (χ0v) is 14.0. The molecule has 0 unspecified atom stereocenters. The molecule has 1 saturated heterocycles. The highest BCUT2D eigenvalue weighted by Gasteiger charge is 2.38. The molecule has 0 saturated carbocycles. The number of hydrogen-bond acceptors (Lipinski definition) is 4. The molecule has 0 bridgehead atoms. The molecule has 24 heavy (non-hydrogen) atoms. The lowest BCUT2D eigenvalue weighted by molar-refractivity contribution is -0.138. The Morgan fingerprint density at radius 2 is 2.00 bits per heavy atom. The Hall–Kier alpha value is -2.12. The standard InChI is InChI=1S/C16H20ClN3O4/c1-9(21)20-8-12(22)7-14(20)16(24)19-13(15(18)23)6-10-2-4-11(17)5-3-10/h2-5,12-14,22H,6-8H2,1H3,(H2,18,23)(H,19,24)/t12-,13-,14+/m1/s1. The highest BCUT2D eigenvalue weighted by Crippen LogP contribution is 2.18. The highest BCUT2D eigenvalue weighted by molar-refractivity contribution is 6.30. The molecule has 0 aromatic heterocycles. The summed E-state index contributed by atoms with van der Waals surface area (Å²) in [6.45, 7) is 1.43. The normalized spacial score (nSPS) is 21.4. The van der Waals surface area contributed by atoms with E-state index in [9.17, 15) is 19.5 Å². The van der Waals surface area contributed by atoms with Gasteiger partial charge in [-0.05, 0) is 17.7 Å². The Labute approximate surface area is 144 Å². The van der Waals surface area contributed by atoms with Crippen LogP contribution in [0, 0.1) is 0 Å². The topological polar surface area (TPSA) is 113 Å². The van der Waals surface area contributed by atoms with E-state index in [-0.39, 0.29) is 25.3 Å². The van der Waals surface area contributed by atoms with Gasteiger partial charge in [-0.15, -0.1) is 0 Å². The second kappa shape index (κ2) is 7.63. The lowest BCUT2D eigenvalue weighted by atomic mass is 10.0. The number of halogens is 1. The number of aliphatic hydroxyl groups excluding tert-OH is 1. The first-order valence-corrected chi connectivity index (χ1v) is 7.95. The second-order valence-electron chi connectivity index (χ2n) is 5.87. The van der Waals surface area contributed by atoms with Crippen LogP contribution in [-0.4, -0.2) is 52.5 Å². The molecule has 3 amide bonds. The molecular weight excluding hydrogens is 334 g/mol. The van der Waals surface area contributed by atoms with Crippen LogP contribution in [0.15, 0.2) is 24.3 Å². The number of amides is 3. The molecule has 1 aliphatic rings. The van der Waals surface area contributed by atoms with Crippen LogP contribution in [0.25, 0.3) is 0 Å². The average molecular weight is 354 g/mol. The molecule has 3 atom stereocenters. The molecule has 4 N–H and O–H groups in total. The Morgan fingerprint density at radius 3 is 2.54 bits per heavy atom. The fraction of sp³-hybridized carbons (Fsp3) is 0.438. The third-order valence-corrected chi connectivity index (χ3v) is 4.25. The number of nitrogens with one attached hydrogen (secondary N) is 1. The van der Waals surface area contributed by atoms with E-state index in [1.165, 1.54) is 11.8 Å². The van der Waals surface area contributed by atoms with Crippen molar-refractivity contribution >= 4 is 29.3 Å².